The third-order valence-corrected chi connectivity index (χ3v) is 7.94. The summed E-state index contributed by atoms with van der Waals surface area (Å²) in [4.78, 5) is 15.2. The van der Waals surface area contributed by atoms with E-state index < -0.39 is 21.9 Å². The van der Waals surface area contributed by atoms with Gasteiger partial charge in [-0.2, -0.15) is 4.31 Å². The van der Waals surface area contributed by atoms with Crippen LogP contribution in [0.2, 0.25) is 0 Å². The van der Waals surface area contributed by atoms with Gasteiger partial charge in [0, 0.05) is 19.6 Å². The molecule has 0 radical (unpaired) electrons. The molecule has 2 heterocycles. The highest BCUT2D eigenvalue weighted by atomic mass is 32.2. The number of benzene rings is 2. The molecule has 0 unspecified atom stereocenters. The van der Waals surface area contributed by atoms with Gasteiger partial charge in [0.2, 0.25) is 15.9 Å². The maximum Gasteiger partial charge on any atom is 0.243 e. The summed E-state index contributed by atoms with van der Waals surface area (Å²) >= 11 is 0. The Bertz CT molecular complexity index is 1000. The summed E-state index contributed by atoms with van der Waals surface area (Å²) in [6, 6.07) is 12.1. The van der Waals surface area contributed by atoms with Gasteiger partial charge in [-0.15, -0.1) is 0 Å². The molecule has 8 heteroatoms. The van der Waals surface area contributed by atoms with E-state index in [1.165, 1.54) is 34.8 Å². The number of hydrogen-bond donors (Lipinski definition) is 1. The zero-order chi connectivity index (χ0) is 21.8. The monoisotopic (exact) mass is 445 g/mol. The molecule has 0 spiro atoms. The van der Waals surface area contributed by atoms with Gasteiger partial charge in [0.25, 0.3) is 0 Å². The highest BCUT2D eigenvalue weighted by Gasteiger charge is 2.39. The van der Waals surface area contributed by atoms with Crippen LogP contribution >= 0.6 is 0 Å². The smallest absolute Gasteiger partial charge is 0.243 e. The summed E-state index contributed by atoms with van der Waals surface area (Å²) in [7, 11) is -3.85. The summed E-state index contributed by atoms with van der Waals surface area (Å²) in [6.07, 6.45) is 3.61. The van der Waals surface area contributed by atoms with Crippen molar-refractivity contribution in [2.45, 2.75) is 49.7 Å². The number of rotatable bonds is 7. The Morgan fingerprint density at radius 2 is 1.58 bits per heavy atom. The number of nitrogens with zero attached hydrogens (tertiary/aromatic N) is 2. The van der Waals surface area contributed by atoms with Crippen molar-refractivity contribution < 1.29 is 17.6 Å². The first kappa shape index (κ1) is 21.9. The van der Waals surface area contributed by atoms with E-state index in [-0.39, 0.29) is 17.3 Å². The highest BCUT2D eigenvalue weighted by molar-refractivity contribution is 7.89. The number of likely N-dealkylation sites (tertiary alicyclic amines) is 1. The lowest BCUT2D eigenvalue weighted by atomic mass is 10.1. The molecule has 2 aliphatic rings. The number of nitrogens with one attached hydrogen (secondary N) is 1. The normalized spacial score (nSPS) is 20.2. The summed E-state index contributed by atoms with van der Waals surface area (Å²) < 4.78 is 40.3. The van der Waals surface area contributed by atoms with Gasteiger partial charge in [-0.25, -0.2) is 12.8 Å². The molecule has 2 aliphatic heterocycles. The van der Waals surface area contributed by atoms with Gasteiger partial charge in [-0.1, -0.05) is 24.3 Å². The zero-order valence-electron chi connectivity index (χ0n) is 17.5. The van der Waals surface area contributed by atoms with Crippen LogP contribution in [0.5, 0.6) is 0 Å². The van der Waals surface area contributed by atoms with E-state index >= 15 is 0 Å². The molecule has 0 aromatic heterocycles. The van der Waals surface area contributed by atoms with Gasteiger partial charge in [0.15, 0.2) is 0 Å². The maximum absolute atomic E-state index is 13.2. The first-order valence-corrected chi connectivity index (χ1v) is 12.2. The van der Waals surface area contributed by atoms with E-state index in [9.17, 15) is 17.6 Å². The minimum Gasteiger partial charge on any atom is -0.351 e. The van der Waals surface area contributed by atoms with E-state index in [4.69, 9.17) is 0 Å². The second kappa shape index (κ2) is 9.46. The number of halogens is 1. The molecular weight excluding hydrogens is 417 g/mol. The quantitative estimate of drug-likeness (QED) is 0.712. The molecule has 4 rings (SSSR count). The third-order valence-electron chi connectivity index (χ3n) is 6.02. The van der Waals surface area contributed by atoms with E-state index in [2.05, 4.69) is 22.3 Å². The molecule has 31 heavy (non-hydrogen) atoms. The van der Waals surface area contributed by atoms with Crippen molar-refractivity contribution in [3.63, 3.8) is 0 Å². The number of sulfonamides is 1. The second-order valence-corrected chi connectivity index (χ2v) is 10.1. The average Bonchev–Trinajstić information content (AvgIpc) is 3.46. The van der Waals surface area contributed by atoms with Crippen LogP contribution in [0.15, 0.2) is 53.4 Å². The van der Waals surface area contributed by atoms with Gasteiger partial charge in [0.05, 0.1) is 4.90 Å². The molecule has 166 valence electrons. The third kappa shape index (κ3) is 5.14. The van der Waals surface area contributed by atoms with Crippen molar-refractivity contribution in [1.82, 2.24) is 14.5 Å². The molecule has 0 aliphatic carbocycles. The number of carbonyl (C=O) groups is 1. The predicted molar refractivity (Wildman–Crippen MR) is 116 cm³/mol. The van der Waals surface area contributed by atoms with Crippen LogP contribution in [0.3, 0.4) is 0 Å². The average molecular weight is 446 g/mol. The fraction of sp³-hybridized carbons (Fsp3) is 0.435. The van der Waals surface area contributed by atoms with Crippen molar-refractivity contribution in [3.8, 4) is 0 Å². The topological polar surface area (TPSA) is 69.7 Å². The fourth-order valence-electron chi connectivity index (χ4n) is 4.30. The van der Waals surface area contributed by atoms with Crippen LogP contribution < -0.4 is 5.32 Å². The molecule has 6 nitrogen and oxygen atoms in total. The molecular formula is C23H28FN3O3S. The SMILES string of the molecule is O=C(NCc1ccc(CN2CCCC2)cc1)[C@@H]1CCCN1S(=O)(=O)c1ccc(F)cc1. The van der Waals surface area contributed by atoms with Crippen molar-refractivity contribution in [3.05, 3.63) is 65.5 Å². The fourth-order valence-corrected chi connectivity index (χ4v) is 5.96. The van der Waals surface area contributed by atoms with E-state index in [1.807, 2.05) is 12.1 Å². The first-order valence-electron chi connectivity index (χ1n) is 10.8. The molecule has 1 atom stereocenters. The molecule has 0 bridgehead atoms. The van der Waals surface area contributed by atoms with Crippen LogP contribution in [-0.2, 0) is 27.9 Å². The second-order valence-electron chi connectivity index (χ2n) is 8.25. The van der Waals surface area contributed by atoms with Gasteiger partial charge >= 0.3 is 0 Å². The van der Waals surface area contributed by atoms with Gasteiger partial charge in [-0.05, 0) is 74.2 Å². The van der Waals surface area contributed by atoms with Crippen molar-refractivity contribution in [1.29, 1.82) is 0 Å². The van der Waals surface area contributed by atoms with Crippen LogP contribution in [-0.4, -0.2) is 49.2 Å². The molecule has 2 saturated heterocycles. The Balaban J connectivity index is 1.36. The highest BCUT2D eigenvalue weighted by Crippen LogP contribution is 2.26. The molecule has 1 amide bonds. The Kier molecular flexibility index (Phi) is 6.69. The van der Waals surface area contributed by atoms with Gasteiger partial charge in [-0.3, -0.25) is 9.69 Å². The van der Waals surface area contributed by atoms with Crippen LogP contribution in [0.25, 0.3) is 0 Å². The minimum atomic E-state index is -3.85. The number of carbonyl (C=O) groups excluding carboxylic acids is 1. The lowest BCUT2D eigenvalue weighted by Crippen LogP contribution is -2.45. The van der Waals surface area contributed by atoms with E-state index in [0.717, 1.165) is 37.3 Å². The van der Waals surface area contributed by atoms with Crippen molar-refractivity contribution in [2.24, 2.45) is 0 Å². The number of amides is 1. The molecule has 0 saturated carbocycles. The lowest BCUT2D eigenvalue weighted by Gasteiger charge is -2.23. The minimum absolute atomic E-state index is 0.00203. The van der Waals surface area contributed by atoms with Crippen molar-refractivity contribution in [2.75, 3.05) is 19.6 Å². The summed E-state index contributed by atoms with van der Waals surface area (Å²) in [5.74, 6) is -0.801. The molecule has 2 fully saturated rings. The van der Waals surface area contributed by atoms with Crippen LogP contribution in [0.1, 0.15) is 36.8 Å². The molecule has 2 aromatic carbocycles. The summed E-state index contributed by atoms with van der Waals surface area (Å²) in [5.41, 5.74) is 2.23. The summed E-state index contributed by atoms with van der Waals surface area (Å²) in [6.45, 7) is 3.88. The van der Waals surface area contributed by atoms with Crippen LogP contribution in [0, 0.1) is 5.82 Å². The summed E-state index contributed by atoms with van der Waals surface area (Å²) in [5, 5.41) is 2.88. The van der Waals surface area contributed by atoms with E-state index in [1.54, 1.807) is 0 Å². The Hall–Kier alpha value is -2.29. The Morgan fingerprint density at radius 1 is 0.935 bits per heavy atom. The predicted octanol–water partition coefficient (Wildman–Crippen LogP) is 2.89. The van der Waals surface area contributed by atoms with Crippen LogP contribution in [0.4, 0.5) is 4.39 Å². The molecule has 1 N–H and O–H groups in total. The van der Waals surface area contributed by atoms with Crippen molar-refractivity contribution >= 4 is 15.9 Å². The zero-order valence-corrected chi connectivity index (χ0v) is 18.3. The standard InChI is InChI=1S/C23H28FN3O3S/c24-20-9-11-21(12-10-20)31(29,30)27-15-3-4-22(27)23(28)25-16-18-5-7-19(8-6-18)17-26-13-1-2-14-26/h5-12,22H,1-4,13-17H2,(H,25,28)/t22-/m0/s1. The van der Waals surface area contributed by atoms with Gasteiger partial charge < -0.3 is 5.32 Å². The lowest BCUT2D eigenvalue weighted by molar-refractivity contribution is -0.124. The Labute approximate surface area is 183 Å². The van der Waals surface area contributed by atoms with Gasteiger partial charge in [0.1, 0.15) is 11.9 Å². The van der Waals surface area contributed by atoms with E-state index in [0.29, 0.717) is 19.4 Å². The largest absolute Gasteiger partial charge is 0.351 e. The Morgan fingerprint density at radius 3 is 2.26 bits per heavy atom. The number of hydrogen-bond acceptors (Lipinski definition) is 4. The molecule has 2 aromatic rings. The first-order chi connectivity index (χ1) is 14.9. The maximum atomic E-state index is 13.2.